The van der Waals surface area contributed by atoms with Crippen LogP contribution in [0.25, 0.3) is 0 Å². The Morgan fingerprint density at radius 3 is 2.85 bits per heavy atom. The number of amides is 2. The van der Waals surface area contributed by atoms with Gasteiger partial charge in [-0.3, -0.25) is 9.59 Å². The third-order valence-electron chi connectivity index (χ3n) is 4.89. The van der Waals surface area contributed by atoms with E-state index in [4.69, 9.17) is 16.3 Å². The Kier molecular flexibility index (Phi) is 6.01. The Hall–Kier alpha value is -2.53. The summed E-state index contributed by atoms with van der Waals surface area (Å²) in [4.78, 5) is 26.5. The van der Waals surface area contributed by atoms with Gasteiger partial charge in [-0.2, -0.15) is 0 Å². The van der Waals surface area contributed by atoms with Crippen molar-refractivity contribution in [3.05, 3.63) is 58.6 Å². The molecule has 0 spiro atoms. The van der Waals surface area contributed by atoms with E-state index < -0.39 is 0 Å². The molecule has 1 aliphatic rings. The number of hydrogen-bond donors (Lipinski definition) is 1. The Balaban J connectivity index is 1.58. The Morgan fingerprint density at radius 1 is 1.30 bits per heavy atom. The zero-order valence-corrected chi connectivity index (χ0v) is 16.3. The van der Waals surface area contributed by atoms with E-state index in [-0.39, 0.29) is 17.7 Å². The monoisotopic (exact) mass is 386 g/mol. The van der Waals surface area contributed by atoms with Gasteiger partial charge in [0.2, 0.25) is 11.8 Å². The molecule has 2 aromatic rings. The van der Waals surface area contributed by atoms with Crippen molar-refractivity contribution >= 4 is 29.1 Å². The number of ether oxygens (including phenoxy) is 1. The number of fused-ring (bicyclic) bond motifs is 1. The zero-order chi connectivity index (χ0) is 19.4. The number of rotatable bonds is 6. The summed E-state index contributed by atoms with van der Waals surface area (Å²) in [5.74, 6) is 0.490. The second-order valence-corrected chi connectivity index (χ2v) is 7.23. The van der Waals surface area contributed by atoms with Gasteiger partial charge in [-0.05, 0) is 42.7 Å². The van der Waals surface area contributed by atoms with Crippen LogP contribution in [0.5, 0.6) is 5.75 Å². The summed E-state index contributed by atoms with van der Waals surface area (Å²) < 4.78 is 5.33. The molecule has 0 aliphatic carbocycles. The molecule has 0 aromatic heterocycles. The van der Waals surface area contributed by atoms with E-state index in [1.54, 1.807) is 37.3 Å². The first-order valence-electron chi connectivity index (χ1n) is 8.93. The molecule has 1 unspecified atom stereocenters. The Labute approximate surface area is 164 Å². The predicted octanol–water partition coefficient (Wildman–Crippen LogP) is 3.90. The molecule has 0 saturated carbocycles. The van der Waals surface area contributed by atoms with Crippen LogP contribution in [0.15, 0.2) is 42.5 Å². The van der Waals surface area contributed by atoms with Crippen molar-refractivity contribution in [2.75, 3.05) is 19.5 Å². The van der Waals surface area contributed by atoms with E-state index in [2.05, 4.69) is 5.32 Å². The fourth-order valence-electron chi connectivity index (χ4n) is 3.35. The summed E-state index contributed by atoms with van der Waals surface area (Å²) in [6, 6.07) is 13.1. The van der Waals surface area contributed by atoms with Crippen molar-refractivity contribution < 1.29 is 14.3 Å². The second kappa shape index (κ2) is 8.44. The second-order valence-electron chi connectivity index (χ2n) is 6.79. The third kappa shape index (κ3) is 4.61. The van der Waals surface area contributed by atoms with Gasteiger partial charge in [-0.25, -0.2) is 0 Å². The number of benzene rings is 2. The summed E-state index contributed by atoms with van der Waals surface area (Å²) in [5, 5.41) is 3.53. The molecule has 0 saturated heterocycles. The minimum absolute atomic E-state index is 0.0105. The van der Waals surface area contributed by atoms with Crippen molar-refractivity contribution in [3.8, 4) is 5.75 Å². The van der Waals surface area contributed by atoms with Gasteiger partial charge in [0, 0.05) is 42.2 Å². The molecule has 2 amide bonds. The highest BCUT2D eigenvalue weighted by atomic mass is 35.5. The maximum atomic E-state index is 12.5. The van der Waals surface area contributed by atoms with Crippen molar-refractivity contribution in [2.45, 2.75) is 25.8 Å². The van der Waals surface area contributed by atoms with Gasteiger partial charge in [-0.1, -0.05) is 29.8 Å². The zero-order valence-electron chi connectivity index (χ0n) is 15.5. The first kappa shape index (κ1) is 19.2. The molecular weight excluding hydrogens is 364 g/mol. The lowest BCUT2D eigenvalue weighted by molar-refractivity contribution is -0.131. The van der Waals surface area contributed by atoms with Crippen molar-refractivity contribution in [2.24, 2.45) is 5.92 Å². The topological polar surface area (TPSA) is 58.6 Å². The maximum Gasteiger partial charge on any atom is 0.227 e. The van der Waals surface area contributed by atoms with Crippen LogP contribution in [0, 0.1) is 5.92 Å². The molecule has 5 nitrogen and oxygen atoms in total. The number of carbonyl (C=O) groups is 2. The molecule has 1 N–H and O–H groups in total. The fourth-order valence-corrected chi connectivity index (χ4v) is 3.54. The first-order valence-corrected chi connectivity index (χ1v) is 9.31. The lowest BCUT2D eigenvalue weighted by atomic mass is 9.89. The van der Waals surface area contributed by atoms with Crippen LogP contribution < -0.4 is 10.1 Å². The molecule has 0 bridgehead atoms. The maximum absolute atomic E-state index is 12.5. The number of nitrogens with zero attached hydrogens (tertiary/aromatic N) is 1. The largest absolute Gasteiger partial charge is 0.496 e. The van der Waals surface area contributed by atoms with E-state index in [0.717, 1.165) is 16.8 Å². The summed E-state index contributed by atoms with van der Waals surface area (Å²) in [6.45, 7) is 0.405. The summed E-state index contributed by atoms with van der Waals surface area (Å²) >= 11 is 6.05. The molecule has 0 fully saturated rings. The smallest absolute Gasteiger partial charge is 0.227 e. The van der Waals surface area contributed by atoms with Crippen LogP contribution in [0.1, 0.15) is 24.0 Å². The van der Waals surface area contributed by atoms with Crippen LogP contribution in [0.3, 0.4) is 0 Å². The number of methoxy groups -OCH3 is 1. The van der Waals surface area contributed by atoms with Gasteiger partial charge < -0.3 is 15.0 Å². The lowest BCUT2D eigenvalue weighted by Gasteiger charge is -2.25. The number of carbonyl (C=O) groups excluding carboxylic acids is 2. The Morgan fingerprint density at radius 2 is 2.07 bits per heavy atom. The van der Waals surface area contributed by atoms with Gasteiger partial charge in [0.25, 0.3) is 0 Å². The van der Waals surface area contributed by atoms with Crippen molar-refractivity contribution in [3.63, 3.8) is 0 Å². The first-order chi connectivity index (χ1) is 13.0. The highest BCUT2D eigenvalue weighted by molar-refractivity contribution is 6.30. The van der Waals surface area contributed by atoms with E-state index in [1.165, 1.54) is 0 Å². The molecule has 2 aromatic carbocycles. The minimum Gasteiger partial charge on any atom is -0.496 e. The molecule has 3 rings (SSSR count). The van der Waals surface area contributed by atoms with Gasteiger partial charge in [0.05, 0.1) is 7.11 Å². The minimum atomic E-state index is -0.182. The number of para-hydroxylation sites is 1. The van der Waals surface area contributed by atoms with Gasteiger partial charge in [0.1, 0.15) is 5.75 Å². The highest BCUT2D eigenvalue weighted by Crippen LogP contribution is 2.28. The van der Waals surface area contributed by atoms with Crippen LogP contribution in [-0.4, -0.2) is 30.9 Å². The molecule has 27 heavy (non-hydrogen) atoms. The lowest BCUT2D eigenvalue weighted by Crippen LogP contribution is -2.32. The number of hydrogen-bond acceptors (Lipinski definition) is 3. The average Bonchev–Trinajstić information content (AvgIpc) is 2.66. The van der Waals surface area contributed by atoms with Crippen LogP contribution in [0.2, 0.25) is 5.02 Å². The average molecular weight is 387 g/mol. The van der Waals surface area contributed by atoms with Crippen LogP contribution in [-0.2, 0) is 22.6 Å². The van der Waals surface area contributed by atoms with Crippen LogP contribution >= 0.6 is 11.6 Å². The normalized spacial score (nSPS) is 15.7. The van der Waals surface area contributed by atoms with E-state index in [1.807, 2.05) is 24.3 Å². The highest BCUT2D eigenvalue weighted by Gasteiger charge is 2.26. The Bertz CT molecular complexity index is 853. The van der Waals surface area contributed by atoms with Gasteiger partial charge in [-0.15, -0.1) is 0 Å². The molecule has 1 atom stereocenters. The predicted molar refractivity (Wildman–Crippen MR) is 106 cm³/mol. The molecule has 1 heterocycles. The van der Waals surface area contributed by atoms with E-state index in [9.17, 15) is 9.59 Å². The SMILES string of the molecule is COc1ccc(Cl)cc1CN(C)C(=O)CCC1Cc2ccccc2NC1=O. The molecule has 142 valence electrons. The van der Waals surface area contributed by atoms with Crippen molar-refractivity contribution in [1.82, 2.24) is 4.90 Å². The molecule has 1 aliphatic heterocycles. The third-order valence-corrected chi connectivity index (χ3v) is 5.13. The van der Waals surface area contributed by atoms with Gasteiger partial charge >= 0.3 is 0 Å². The summed E-state index contributed by atoms with van der Waals surface area (Å²) in [7, 11) is 3.34. The molecule has 6 heteroatoms. The number of nitrogens with one attached hydrogen (secondary N) is 1. The summed E-state index contributed by atoms with van der Waals surface area (Å²) in [5.41, 5.74) is 2.84. The number of anilines is 1. The van der Waals surface area contributed by atoms with Crippen molar-refractivity contribution in [1.29, 1.82) is 0 Å². The molecular formula is C21H23ClN2O3. The summed E-state index contributed by atoms with van der Waals surface area (Å²) in [6.07, 6.45) is 1.51. The number of halogens is 1. The molecule has 0 radical (unpaired) electrons. The fraction of sp³-hybridized carbons (Fsp3) is 0.333. The quantitative estimate of drug-likeness (QED) is 0.819. The van der Waals surface area contributed by atoms with E-state index in [0.29, 0.717) is 36.6 Å². The van der Waals surface area contributed by atoms with Crippen LogP contribution in [0.4, 0.5) is 5.69 Å². The standard InChI is InChI=1S/C21H23ClN2O3/c1-24(13-16-12-17(22)8-9-19(16)27-2)20(25)10-7-15-11-14-5-3-4-6-18(14)23-21(15)26/h3-6,8-9,12,15H,7,10-11,13H2,1-2H3,(H,23,26). The van der Waals surface area contributed by atoms with E-state index >= 15 is 0 Å². The van der Waals surface area contributed by atoms with Gasteiger partial charge in [0.15, 0.2) is 0 Å².